The maximum absolute atomic E-state index is 13.6. The van der Waals surface area contributed by atoms with E-state index < -0.39 is 17.7 Å². The molecule has 2 aromatic heterocycles. The van der Waals surface area contributed by atoms with Crippen molar-refractivity contribution in [3.05, 3.63) is 51.5 Å². The van der Waals surface area contributed by atoms with Crippen molar-refractivity contribution >= 4 is 86.9 Å². The lowest BCUT2D eigenvalue weighted by Crippen LogP contribution is -2.22. The third-order valence-corrected chi connectivity index (χ3v) is 7.64. The third-order valence-electron chi connectivity index (χ3n) is 4.91. The minimum atomic E-state index is -1.15. The second-order valence-electron chi connectivity index (χ2n) is 7.58. The summed E-state index contributed by atoms with van der Waals surface area (Å²) in [5, 5.41) is 21.4. The molecule has 198 valence electrons. The predicted octanol–water partition coefficient (Wildman–Crippen LogP) is 4.42. The molecule has 0 unspecified atom stereocenters. The highest BCUT2D eigenvalue weighted by Gasteiger charge is 2.15. The number of amides is 1. The second kappa shape index (κ2) is 12.5. The van der Waals surface area contributed by atoms with Crippen molar-refractivity contribution in [2.24, 2.45) is 0 Å². The fourth-order valence-corrected chi connectivity index (χ4v) is 5.76. The van der Waals surface area contributed by atoms with E-state index in [1.165, 1.54) is 52.3 Å². The van der Waals surface area contributed by atoms with Crippen LogP contribution < -0.4 is 20.5 Å². The Bertz CT molecular complexity index is 1560. The zero-order chi connectivity index (χ0) is 27.2. The molecule has 2 aromatic carbocycles. The molecule has 0 aliphatic rings. The third kappa shape index (κ3) is 6.95. The molecule has 2 heterocycles. The van der Waals surface area contributed by atoms with Crippen molar-refractivity contribution in [2.45, 2.75) is 24.2 Å². The first-order valence-corrected chi connectivity index (χ1v) is 13.7. The van der Waals surface area contributed by atoms with E-state index in [1.54, 1.807) is 12.1 Å². The van der Waals surface area contributed by atoms with Gasteiger partial charge in [0.25, 0.3) is 0 Å². The van der Waals surface area contributed by atoms with E-state index in [2.05, 4.69) is 25.7 Å². The number of ether oxygens (including phenoxy) is 1. The number of nitrogens with one attached hydrogen (secondary N) is 2. The summed E-state index contributed by atoms with van der Waals surface area (Å²) < 4.78 is 21.6. The van der Waals surface area contributed by atoms with E-state index in [0.717, 1.165) is 0 Å². The van der Waals surface area contributed by atoms with Crippen LogP contribution in [0, 0.1) is 9.77 Å². The number of halogens is 2. The topological polar surface area (TPSA) is 134 Å². The van der Waals surface area contributed by atoms with Crippen LogP contribution in [0.4, 0.5) is 21.6 Å². The van der Waals surface area contributed by atoms with Gasteiger partial charge in [-0.3, -0.25) is 4.79 Å². The molecular weight excluding hydrogens is 575 g/mol. The number of hydrogen-bond acceptors (Lipinski definition) is 11. The van der Waals surface area contributed by atoms with E-state index in [1.807, 2.05) is 6.92 Å². The van der Waals surface area contributed by atoms with Crippen molar-refractivity contribution in [3.8, 4) is 5.75 Å². The number of aliphatic carboxylic acids is 1. The maximum atomic E-state index is 13.6. The fourth-order valence-electron chi connectivity index (χ4n) is 3.26. The Morgan fingerprint density at radius 3 is 2.84 bits per heavy atom. The highest BCUT2D eigenvalue weighted by Crippen LogP contribution is 2.34. The van der Waals surface area contributed by atoms with Crippen LogP contribution in [0.1, 0.15) is 13.3 Å². The summed E-state index contributed by atoms with van der Waals surface area (Å²) in [6.45, 7) is 2.00. The van der Waals surface area contributed by atoms with Crippen LogP contribution in [-0.2, 0) is 16.1 Å². The van der Waals surface area contributed by atoms with Gasteiger partial charge in [0.1, 0.15) is 30.3 Å². The van der Waals surface area contributed by atoms with Crippen LogP contribution in [0.2, 0.25) is 5.02 Å². The lowest BCUT2D eigenvalue weighted by molar-refractivity contribution is -0.305. The Balaban J connectivity index is 1.57. The molecule has 0 fully saturated rings. The number of carboxylic acids is 1. The van der Waals surface area contributed by atoms with E-state index in [4.69, 9.17) is 28.6 Å². The van der Waals surface area contributed by atoms with Crippen LogP contribution in [-0.4, -0.2) is 44.0 Å². The van der Waals surface area contributed by atoms with Gasteiger partial charge in [0.2, 0.25) is 5.91 Å². The summed E-state index contributed by atoms with van der Waals surface area (Å²) in [6, 6.07) is 7.55. The fraction of sp³-hybridized carbons (Fsp3) is 0.217. The van der Waals surface area contributed by atoms with E-state index >= 15 is 0 Å². The zero-order valence-corrected chi connectivity index (χ0v) is 22.9. The normalized spacial score (nSPS) is 10.9. The zero-order valence-electron chi connectivity index (χ0n) is 19.7. The number of carbonyl (C=O) groups is 2. The van der Waals surface area contributed by atoms with Gasteiger partial charge in [-0.1, -0.05) is 34.7 Å². The van der Waals surface area contributed by atoms with Gasteiger partial charge in [-0.15, -0.1) is 0 Å². The summed E-state index contributed by atoms with van der Waals surface area (Å²) >= 11 is 13.6. The average Bonchev–Trinajstić information content (AvgIpc) is 3.20. The molecule has 0 saturated carbocycles. The Kier molecular flexibility index (Phi) is 9.09. The minimum absolute atomic E-state index is 0.0407. The highest BCUT2D eigenvalue weighted by molar-refractivity contribution is 8.01. The average molecular weight is 594 g/mol. The highest BCUT2D eigenvalue weighted by atomic mass is 35.5. The molecule has 2 N–H and O–H groups in total. The van der Waals surface area contributed by atoms with Gasteiger partial charge >= 0.3 is 0 Å². The van der Waals surface area contributed by atoms with E-state index in [-0.39, 0.29) is 23.7 Å². The van der Waals surface area contributed by atoms with Gasteiger partial charge in [-0.2, -0.15) is 5.10 Å². The van der Waals surface area contributed by atoms with Crippen LogP contribution in [0.3, 0.4) is 0 Å². The monoisotopic (exact) mass is 593 g/mol. The number of benzene rings is 2. The molecule has 0 bridgehead atoms. The smallest absolute Gasteiger partial charge is 0.246 e. The molecular formula is C23H19ClFN6O4S3-. The van der Waals surface area contributed by atoms with Gasteiger partial charge in [-0.25, -0.2) is 19.0 Å². The predicted molar refractivity (Wildman–Crippen MR) is 145 cm³/mol. The molecule has 1 amide bonds. The van der Waals surface area contributed by atoms with Gasteiger partial charge in [0.05, 0.1) is 22.8 Å². The lowest BCUT2D eigenvalue weighted by atomic mass is 10.1. The number of carbonyl (C=O) groups excluding carboxylic acids is 2. The number of nitrogens with zero attached hydrogens (tertiary/aromatic N) is 4. The molecule has 4 rings (SSSR count). The SMILES string of the molecule is CCOc1cc2ncnc(Nc3ccc(F)c(Cl)c3)c2cc1NC(=O)Cn1nc(SCCC(=O)[O-])sc1=S. The minimum Gasteiger partial charge on any atom is -0.550 e. The number of fused-ring (bicyclic) bond motifs is 1. The molecule has 0 aliphatic heterocycles. The molecule has 0 atom stereocenters. The van der Waals surface area contributed by atoms with E-state index in [0.29, 0.717) is 48.7 Å². The largest absolute Gasteiger partial charge is 0.550 e. The number of thioether (sulfide) groups is 1. The van der Waals surface area contributed by atoms with Crippen molar-refractivity contribution in [1.29, 1.82) is 0 Å². The summed E-state index contributed by atoms with van der Waals surface area (Å²) in [5.74, 6) is -0.993. The second-order valence-corrected chi connectivity index (χ2v) is 11.0. The quantitative estimate of drug-likeness (QED) is 0.190. The molecule has 4 aromatic rings. The molecule has 10 nitrogen and oxygen atoms in total. The van der Waals surface area contributed by atoms with Crippen molar-refractivity contribution in [3.63, 3.8) is 0 Å². The van der Waals surface area contributed by atoms with Crippen molar-refractivity contribution < 1.29 is 23.8 Å². The summed E-state index contributed by atoms with van der Waals surface area (Å²) in [4.78, 5) is 32.1. The van der Waals surface area contributed by atoms with Crippen LogP contribution in [0.25, 0.3) is 10.9 Å². The first-order chi connectivity index (χ1) is 18.2. The molecule has 0 radical (unpaired) electrons. The van der Waals surface area contributed by atoms with Crippen molar-refractivity contribution in [1.82, 2.24) is 19.7 Å². The van der Waals surface area contributed by atoms with Crippen LogP contribution in [0.5, 0.6) is 5.75 Å². The summed E-state index contributed by atoms with van der Waals surface area (Å²) in [7, 11) is 0. The van der Waals surface area contributed by atoms with E-state index in [9.17, 15) is 19.1 Å². The standard InChI is InChI=1S/C23H20ClFN6O4S3/c1-2-35-18-9-16-13(21(27-11-26-16)28-12-3-4-15(25)14(24)7-12)8-17(18)29-19(32)10-31-23(36)38-22(30-31)37-6-5-20(33)34/h3-4,7-9,11H,2,5-6,10H2,1H3,(H,29,32)(H,33,34)(H,26,27,28)/p-1. The first kappa shape index (κ1) is 27.7. The summed E-state index contributed by atoms with van der Waals surface area (Å²) in [6.07, 6.45) is 1.25. The molecule has 38 heavy (non-hydrogen) atoms. The number of anilines is 3. The van der Waals surface area contributed by atoms with Gasteiger partial charge in [-0.05, 0) is 49.8 Å². The Hall–Kier alpha value is -3.33. The number of carboxylic acid groups (broad SMARTS) is 1. The molecule has 0 saturated heterocycles. The molecule has 15 heteroatoms. The van der Waals surface area contributed by atoms with Crippen molar-refractivity contribution in [2.75, 3.05) is 23.0 Å². The Morgan fingerprint density at radius 1 is 1.29 bits per heavy atom. The number of hydrogen-bond donors (Lipinski definition) is 2. The lowest BCUT2D eigenvalue weighted by Gasteiger charge is -2.15. The van der Waals surface area contributed by atoms with Crippen LogP contribution in [0.15, 0.2) is 41.0 Å². The Morgan fingerprint density at radius 2 is 2.11 bits per heavy atom. The number of rotatable bonds is 11. The first-order valence-electron chi connectivity index (χ1n) is 11.1. The Labute approximate surface area is 234 Å². The maximum Gasteiger partial charge on any atom is 0.246 e. The molecule has 0 aliphatic carbocycles. The van der Waals surface area contributed by atoms with Crippen LogP contribution >= 0.6 is 46.9 Å². The van der Waals surface area contributed by atoms with Gasteiger partial charge in [0.15, 0.2) is 8.29 Å². The van der Waals surface area contributed by atoms with Gasteiger partial charge < -0.3 is 25.3 Å². The summed E-state index contributed by atoms with van der Waals surface area (Å²) in [5.41, 5.74) is 1.45. The number of aromatic nitrogens is 4. The molecule has 0 spiro atoms. The van der Waals surface area contributed by atoms with Gasteiger partial charge in [0, 0.05) is 28.9 Å².